The number of carbonyl (C=O) groups is 2. The van der Waals surface area contributed by atoms with Gasteiger partial charge in [0, 0.05) is 18.7 Å². The molecule has 0 spiro atoms. The van der Waals surface area contributed by atoms with Gasteiger partial charge in [-0.3, -0.25) is 4.79 Å². The van der Waals surface area contributed by atoms with Gasteiger partial charge in [-0.05, 0) is 19.1 Å². The molecule has 2 aromatic carbocycles. The van der Waals surface area contributed by atoms with Gasteiger partial charge in [0.15, 0.2) is 12.4 Å². The van der Waals surface area contributed by atoms with Gasteiger partial charge in [0.2, 0.25) is 0 Å². The molecule has 3 aromatic rings. The highest BCUT2D eigenvalue weighted by molar-refractivity contribution is 5.88. The van der Waals surface area contributed by atoms with Crippen LogP contribution in [-0.4, -0.2) is 53.0 Å². The largest absolute Gasteiger partial charge is 0.450 e. The summed E-state index contributed by atoms with van der Waals surface area (Å²) in [5.74, 6) is -0.813. The van der Waals surface area contributed by atoms with Crippen molar-refractivity contribution in [3.8, 4) is 17.1 Å². The van der Waals surface area contributed by atoms with Crippen molar-refractivity contribution >= 4 is 11.9 Å². The normalized spacial score (nSPS) is 11.7. The minimum Gasteiger partial charge on any atom is -0.450 e. The Balaban J connectivity index is 1.78. The summed E-state index contributed by atoms with van der Waals surface area (Å²) in [5, 5.41) is 6.97. The highest BCUT2D eigenvalue weighted by atomic mass is 16.5. The van der Waals surface area contributed by atoms with Crippen LogP contribution >= 0.6 is 0 Å². The standard InChI is InChI=1S/C21H22N4O4/c1-15(13-28-2)22-18(26)14-29-21(27)19-23-20(16-9-5-3-6-10-16)25(24-19)17-11-7-4-8-12-17/h3-12,15H,13-14H2,1-2H3,(H,22,26). The van der Waals surface area contributed by atoms with E-state index in [0.29, 0.717) is 12.4 Å². The molecule has 0 bridgehead atoms. The van der Waals surface area contributed by atoms with Gasteiger partial charge in [0.1, 0.15) is 0 Å². The predicted octanol–water partition coefficient (Wildman–Crippen LogP) is 2.24. The first kappa shape index (κ1) is 20.2. The third kappa shape index (κ3) is 5.26. The molecule has 1 N–H and O–H groups in total. The number of rotatable bonds is 8. The van der Waals surface area contributed by atoms with Crippen molar-refractivity contribution in [2.45, 2.75) is 13.0 Å². The Morgan fingerprint density at radius 2 is 1.72 bits per heavy atom. The van der Waals surface area contributed by atoms with Crippen LogP contribution in [0.5, 0.6) is 0 Å². The van der Waals surface area contributed by atoms with E-state index < -0.39 is 18.5 Å². The molecule has 0 fully saturated rings. The van der Waals surface area contributed by atoms with Crippen LogP contribution in [0.4, 0.5) is 0 Å². The Labute approximate surface area is 168 Å². The molecule has 8 nitrogen and oxygen atoms in total. The predicted molar refractivity (Wildman–Crippen MR) is 107 cm³/mol. The lowest BCUT2D eigenvalue weighted by Gasteiger charge is -2.12. The summed E-state index contributed by atoms with van der Waals surface area (Å²) >= 11 is 0. The number of hydrogen-bond donors (Lipinski definition) is 1. The second-order valence-electron chi connectivity index (χ2n) is 6.37. The lowest BCUT2D eigenvalue weighted by molar-refractivity contribution is -0.125. The first-order valence-electron chi connectivity index (χ1n) is 9.12. The number of nitrogens with one attached hydrogen (secondary N) is 1. The van der Waals surface area contributed by atoms with Gasteiger partial charge in [-0.25, -0.2) is 14.5 Å². The van der Waals surface area contributed by atoms with Crippen LogP contribution in [-0.2, 0) is 14.3 Å². The van der Waals surface area contributed by atoms with Crippen LogP contribution in [0, 0.1) is 0 Å². The van der Waals surface area contributed by atoms with Crippen molar-refractivity contribution in [3.05, 3.63) is 66.5 Å². The summed E-state index contributed by atoms with van der Waals surface area (Å²) < 4.78 is 11.6. The second-order valence-corrected chi connectivity index (χ2v) is 6.37. The van der Waals surface area contributed by atoms with Crippen LogP contribution < -0.4 is 5.32 Å². The first-order valence-corrected chi connectivity index (χ1v) is 9.12. The Kier molecular flexibility index (Phi) is 6.70. The van der Waals surface area contributed by atoms with E-state index in [0.717, 1.165) is 11.3 Å². The van der Waals surface area contributed by atoms with E-state index in [9.17, 15) is 9.59 Å². The number of para-hydroxylation sites is 1. The minimum atomic E-state index is -0.772. The number of amides is 1. The highest BCUT2D eigenvalue weighted by Gasteiger charge is 2.21. The molecule has 1 atom stereocenters. The van der Waals surface area contributed by atoms with Crippen LogP contribution in [0.3, 0.4) is 0 Å². The zero-order valence-electron chi connectivity index (χ0n) is 16.2. The second kappa shape index (κ2) is 9.61. The number of hydrogen-bond acceptors (Lipinski definition) is 6. The van der Waals surface area contributed by atoms with Crippen LogP contribution in [0.15, 0.2) is 60.7 Å². The number of benzene rings is 2. The van der Waals surface area contributed by atoms with E-state index in [1.165, 1.54) is 0 Å². The van der Waals surface area contributed by atoms with Crippen LogP contribution in [0.25, 0.3) is 17.1 Å². The fraction of sp³-hybridized carbons (Fsp3) is 0.238. The summed E-state index contributed by atoms with van der Waals surface area (Å²) in [7, 11) is 1.54. The van der Waals surface area contributed by atoms with Gasteiger partial charge in [-0.2, -0.15) is 0 Å². The maximum atomic E-state index is 12.4. The molecule has 8 heteroatoms. The monoisotopic (exact) mass is 394 g/mol. The number of nitrogens with zero attached hydrogens (tertiary/aromatic N) is 3. The summed E-state index contributed by atoms with van der Waals surface area (Å²) in [4.78, 5) is 28.7. The topological polar surface area (TPSA) is 95.3 Å². The fourth-order valence-corrected chi connectivity index (χ4v) is 2.73. The Morgan fingerprint density at radius 1 is 1.07 bits per heavy atom. The maximum absolute atomic E-state index is 12.4. The molecule has 0 aliphatic rings. The number of ether oxygens (including phenoxy) is 2. The van der Waals surface area contributed by atoms with Crippen molar-refractivity contribution in [3.63, 3.8) is 0 Å². The minimum absolute atomic E-state index is 0.120. The Bertz CT molecular complexity index is 900. The molecule has 1 aromatic heterocycles. The summed E-state index contributed by atoms with van der Waals surface area (Å²) in [6, 6.07) is 18.6. The molecular weight excluding hydrogens is 372 g/mol. The smallest absolute Gasteiger partial charge is 0.378 e. The van der Waals surface area contributed by atoms with Crippen molar-refractivity contribution in [2.24, 2.45) is 0 Å². The molecule has 0 saturated carbocycles. The highest BCUT2D eigenvalue weighted by Crippen LogP contribution is 2.21. The third-order valence-corrected chi connectivity index (χ3v) is 3.98. The molecule has 29 heavy (non-hydrogen) atoms. The van der Waals surface area contributed by atoms with Gasteiger partial charge >= 0.3 is 5.97 Å². The first-order chi connectivity index (χ1) is 14.1. The number of methoxy groups -OCH3 is 1. The molecule has 1 unspecified atom stereocenters. The molecule has 0 aliphatic heterocycles. The van der Waals surface area contributed by atoms with Crippen LogP contribution in [0.2, 0.25) is 0 Å². The molecule has 1 amide bonds. The Morgan fingerprint density at radius 3 is 2.38 bits per heavy atom. The summed E-state index contributed by atoms with van der Waals surface area (Å²) in [5.41, 5.74) is 1.55. The van der Waals surface area contributed by atoms with Crippen LogP contribution in [0.1, 0.15) is 17.5 Å². The lowest BCUT2D eigenvalue weighted by atomic mass is 10.2. The van der Waals surface area contributed by atoms with Crippen molar-refractivity contribution < 1.29 is 19.1 Å². The van der Waals surface area contributed by atoms with E-state index >= 15 is 0 Å². The van der Waals surface area contributed by atoms with Gasteiger partial charge in [-0.15, -0.1) is 5.10 Å². The maximum Gasteiger partial charge on any atom is 0.378 e. The summed E-state index contributed by atoms with van der Waals surface area (Å²) in [6.07, 6.45) is 0. The van der Waals surface area contributed by atoms with E-state index in [-0.39, 0.29) is 11.9 Å². The molecule has 0 saturated heterocycles. The van der Waals surface area contributed by atoms with Gasteiger partial charge < -0.3 is 14.8 Å². The Hall–Kier alpha value is -3.52. The molecular formula is C21H22N4O4. The zero-order valence-corrected chi connectivity index (χ0v) is 16.2. The van der Waals surface area contributed by atoms with Gasteiger partial charge in [0.05, 0.1) is 12.3 Å². The van der Waals surface area contributed by atoms with E-state index in [2.05, 4.69) is 15.4 Å². The van der Waals surface area contributed by atoms with Crippen molar-refractivity contribution in [2.75, 3.05) is 20.3 Å². The quantitative estimate of drug-likeness (QED) is 0.589. The van der Waals surface area contributed by atoms with E-state index in [1.807, 2.05) is 60.7 Å². The molecule has 1 heterocycles. The fourth-order valence-electron chi connectivity index (χ4n) is 2.73. The van der Waals surface area contributed by atoms with Crippen molar-refractivity contribution in [1.29, 1.82) is 0 Å². The average molecular weight is 394 g/mol. The van der Waals surface area contributed by atoms with Gasteiger partial charge in [0.25, 0.3) is 11.7 Å². The SMILES string of the molecule is COCC(C)NC(=O)COC(=O)c1nc(-c2ccccc2)n(-c2ccccc2)n1. The number of esters is 1. The molecule has 0 aliphatic carbocycles. The zero-order chi connectivity index (χ0) is 20.6. The van der Waals surface area contributed by atoms with Gasteiger partial charge in [-0.1, -0.05) is 48.5 Å². The lowest BCUT2D eigenvalue weighted by Crippen LogP contribution is -2.38. The van der Waals surface area contributed by atoms with Crippen molar-refractivity contribution in [1.82, 2.24) is 20.1 Å². The third-order valence-electron chi connectivity index (χ3n) is 3.98. The van der Waals surface area contributed by atoms with E-state index in [4.69, 9.17) is 9.47 Å². The molecule has 0 radical (unpaired) electrons. The number of aromatic nitrogens is 3. The average Bonchev–Trinajstić information content (AvgIpc) is 3.19. The molecule has 3 rings (SSSR count). The van der Waals surface area contributed by atoms with E-state index in [1.54, 1.807) is 18.7 Å². The summed E-state index contributed by atoms with van der Waals surface area (Å²) in [6.45, 7) is 1.73. The molecule has 150 valence electrons. The number of carbonyl (C=O) groups excluding carboxylic acids is 2.